The summed E-state index contributed by atoms with van der Waals surface area (Å²) in [6, 6.07) is 2.63. The van der Waals surface area contributed by atoms with E-state index in [-0.39, 0.29) is 23.0 Å². The van der Waals surface area contributed by atoms with Crippen LogP contribution >= 0.6 is 0 Å². The summed E-state index contributed by atoms with van der Waals surface area (Å²) in [5, 5.41) is 0. The van der Waals surface area contributed by atoms with Crippen LogP contribution in [0.2, 0.25) is 0 Å². The lowest BCUT2D eigenvalue weighted by atomic mass is 10.1. The Kier molecular flexibility index (Phi) is 5.01. The van der Waals surface area contributed by atoms with Crippen LogP contribution in [0.4, 0.5) is 4.39 Å². The van der Waals surface area contributed by atoms with Crippen LogP contribution in [0.3, 0.4) is 0 Å². The van der Waals surface area contributed by atoms with Crippen molar-refractivity contribution in [3.8, 4) is 0 Å². The molecule has 0 spiro atoms. The van der Waals surface area contributed by atoms with Gasteiger partial charge in [-0.15, -0.1) is 0 Å². The zero-order valence-electron chi connectivity index (χ0n) is 12.5. The van der Waals surface area contributed by atoms with Crippen LogP contribution in [0.5, 0.6) is 0 Å². The van der Waals surface area contributed by atoms with Gasteiger partial charge >= 0.3 is 0 Å². The Balaban J connectivity index is 2.23. The smallest absolute Gasteiger partial charge is 0.240 e. The predicted molar refractivity (Wildman–Crippen MR) is 80.8 cm³/mol. The standard InChI is InChI=1S/C15H23FN2O2S/c1-3-13(7-11-4-5-11)18-21(19,20)14-6-10(2)15(16)12(8-14)9-17/h6,8,11,13,18H,3-5,7,9,17H2,1-2H3. The van der Waals surface area contributed by atoms with Crippen molar-refractivity contribution in [3.05, 3.63) is 29.1 Å². The van der Waals surface area contributed by atoms with Gasteiger partial charge in [0, 0.05) is 18.2 Å². The second-order valence-corrected chi connectivity index (χ2v) is 7.54. The van der Waals surface area contributed by atoms with Crippen LogP contribution in [0.25, 0.3) is 0 Å². The number of halogens is 1. The minimum Gasteiger partial charge on any atom is -0.326 e. The minimum atomic E-state index is -3.63. The van der Waals surface area contributed by atoms with Gasteiger partial charge in [0.1, 0.15) is 5.82 Å². The number of hydrogen-bond donors (Lipinski definition) is 2. The zero-order valence-corrected chi connectivity index (χ0v) is 13.3. The quantitative estimate of drug-likeness (QED) is 0.812. The van der Waals surface area contributed by atoms with Gasteiger partial charge in [0.2, 0.25) is 10.0 Å². The third-order valence-electron chi connectivity index (χ3n) is 3.96. The van der Waals surface area contributed by atoms with E-state index in [0.717, 1.165) is 12.8 Å². The molecule has 1 aliphatic carbocycles. The first-order valence-corrected chi connectivity index (χ1v) is 8.87. The van der Waals surface area contributed by atoms with Crippen LogP contribution in [0.15, 0.2) is 17.0 Å². The molecule has 118 valence electrons. The van der Waals surface area contributed by atoms with Crippen molar-refractivity contribution in [2.24, 2.45) is 11.7 Å². The lowest BCUT2D eigenvalue weighted by Crippen LogP contribution is -2.35. The zero-order chi connectivity index (χ0) is 15.6. The highest BCUT2D eigenvalue weighted by molar-refractivity contribution is 7.89. The van der Waals surface area contributed by atoms with Gasteiger partial charge in [0.05, 0.1) is 4.90 Å². The molecule has 0 bridgehead atoms. The average molecular weight is 314 g/mol. The Labute approximate surface area is 126 Å². The van der Waals surface area contributed by atoms with Crippen molar-refractivity contribution in [2.45, 2.75) is 57.0 Å². The van der Waals surface area contributed by atoms with Gasteiger partial charge in [0.15, 0.2) is 0 Å². The van der Waals surface area contributed by atoms with Crippen LogP contribution in [-0.2, 0) is 16.6 Å². The van der Waals surface area contributed by atoms with E-state index in [1.54, 1.807) is 6.92 Å². The van der Waals surface area contributed by atoms with E-state index in [2.05, 4.69) is 4.72 Å². The molecule has 6 heteroatoms. The molecule has 0 saturated heterocycles. The molecule has 1 saturated carbocycles. The number of nitrogens with two attached hydrogens (primary N) is 1. The van der Waals surface area contributed by atoms with Crippen molar-refractivity contribution in [1.82, 2.24) is 4.72 Å². The Bertz CT molecular complexity index is 612. The van der Waals surface area contributed by atoms with E-state index >= 15 is 0 Å². The molecule has 3 N–H and O–H groups in total. The summed E-state index contributed by atoms with van der Waals surface area (Å²) >= 11 is 0. The fourth-order valence-corrected chi connectivity index (χ4v) is 3.92. The summed E-state index contributed by atoms with van der Waals surface area (Å²) in [4.78, 5) is 0.0936. The maximum absolute atomic E-state index is 13.8. The van der Waals surface area contributed by atoms with Crippen molar-refractivity contribution in [3.63, 3.8) is 0 Å². The summed E-state index contributed by atoms with van der Waals surface area (Å²) in [6.45, 7) is 3.50. The fraction of sp³-hybridized carbons (Fsp3) is 0.600. The van der Waals surface area contributed by atoms with Crippen LogP contribution in [-0.4, -0.2) is 14.5 Å². The van der Waals surface area contributed by atoms with Crippen molar-refractivity contribution < 1.29 is 12.8 Å². The van der Waals surface area contributed by atoms with E-state index < -0.39 is 15.8 Å². The summed E-state index contributed by atoms with van der Waals surface area (Å²) in [5.74, 6) is 0.216. The molecule has 0 amide bonds. The second kappa shape index (κ2) is 6.42. The average Bonchev–Trinajstić information content (AvgIpc) is 3.24. The summed E-state index contributed by atoms with van der Waals surface area (Å²) in [7, 11) is -3.63. The van der Waals surface area contributed by atoms with Gasteiger partial charge < -0.3 is 5.73 Å². The molecule has 0 heterocycles. The van der Waals surface area contributed by atoms with Crippen molar-refractivity contribution >= 4 is 10.0 Å². The van der Waals surface area contributed by atoms with Gasteiger partial charge in [-0.3, -0.25) is 0 Å². The third kappa shape index (κ3) is 4.02. The Hall–Kier alpha value is -0.980. The molecule has 4 nitrogen and oxygen atoms in total. The van der Waals surface area contributed by atoms with Crippen molar-refractivity contribution in [2.75, 3.05) is 0 Å². The molecule has 0 radical (unpaired) electrons. The van der Waals surface area contributed by atoms with Crippen LogP contribution in [0, 0.1) is 18.7 Å². The highest BCUT2D eigenvalue weighted by Gasteiger charge is 2.28. The molecule has 1 fully saturated rings. The summed E-state index contributed by atoms with van der Waals surface area (Å²) < 4.78 is 41.4. The largest absolute Gasteiger partial charge is 0.326 e. The van der Waals surface area contributed by atoms with E-state index in [0.29, 0.717) is 11.5 Å². The van der Waals surface area contributed by atoms with Gasteiger partial charge in [-0.2, -0.15) is 0 Å². The molecular weight excluding hydrogens is 291 g/mol. The topological polar surface area (TPSA) is 72.2 Å². The van der Waals surface area contributed by atoms with Crippen LogP contribution in [0.1, 0.15) is 43.7 Å². The van der Waals surface area contributed by atoms with E-state index in [1.165, 1.54) is 25.0 Å². The third-order valence-corrected chi connectivity index (χ3v) is 5.46. The molecule has 0 aromatic heterocycles. The molecule has 1 aromatic carbocycles. The maximum Gasteiger partial charge on any atom is 0.240 e. The first-order valence-electron chi connectivity index (χ1n) is 7.38. The first-order chi connectivity index (χ1) is 9.87. The number of benzene rings is 1. The lowest BCUT2D eigenvalue weighted by molar-refractivity contribution is 0.495. The van der Waals surface area contributed by atoms with Gasteiger partial charge in [-0.25, -0.2) is 17.5 Å². The fourth-order valence-electron chi connectivity index (χ4n) is 2.45. The monoisotopic (exact) mass is 314 g/mol. The highest BCUT2D eigenvalue weighted by Crippen LogP contribution is 2.34. The summed E-state index contributed by atoms with van der Waals surface area (Å²) in [6.07, 6.45) is 4.00. The summed E-state index contributed by atoms with van der Waals surface area (Å²) in [5.41, 5.74) is 6.01. The SMILES string of the molecule is CCC(CC1CC1)NS(=O)(=O)c1cc(C)c(F)c(CN)c1. The first kappa shape index (κ1) is 16.4. The minimum absolute atomic E-state index is 0.0185. The van der Waals surface area contributed by atoms with E-state index in [9.17, 15) is 12.8 Å². The number of rotatable bonds is 7. The molecule has 1 aliphatic rings. The molecular formula is C15H23FN2O2S. The molecule has 1 unspecified atom stereocenters. The molecule has 1 aromatic rings. The van der Waals surface area contributed by atoms with Gasteiger partial charge in [-0.05, 0) is 43.4 Å². The van der Waals surface area contributed by atoms with Gasteiger partial charge in [-0.1, -0.05) is 19.8 Å². The number of sulfonamides is 1. The molecule has 0 aliphatic heterocycles. The normalized spacial score (nSPS) is 17.0. The Morgan fingerprint density at radius 2 is 2.10 bits per heavy atom. The predicted octanol–water partition coefficient (Wildman–Crippen LogP) is 2.45. The number of hydrogen-bond acceptors (Lipinski definition) is 3. The number of aryl methyl sites for hydroxylation is 1. The van der Waals surface area contributed by atoms with E-state index in [4.69, 9.17) is 5.73 Å². The molecule has 1 atom stereocenters. The Morgan fingerprint density at radius 1 is 1.43 bits per heavy atom. The maximum atomic E-state index is 13.8. The molecule has 21 heavy (non-hydrogen) atoms. The van der Waals surface area contributed by atoms with E-state index in [1.807, 2.05) is 6.92 Å². The highest BCUT2D eigenvalue weighted by atomic mass is 32.2. The molecule has 2 rings (SSSR count). The lowest BCUT2D eigenvalue weighted by Gasteiger charge is -2.17. The van der Waals surface area contributed by atoms with Gasteiger partial charge in [0.25, 0.3) is 0 Å². The van der Waals surface area contributed by atoms with Crippen molar-refractivity contribution in [1.29, 1.82) is 0 Å². The second-order valence-electron chi connectivity index (χ2n) is 5.82. The van der Waals surface area contributed by atoms with Crippen LogP contribution < -0.4 is 10.5 Å². The Morgan fingerprint density at radius 3 is 2.62 bits per heavy atom. The number of nitrogens with one attached hydrogen (secondary N) is 1.